The highest BCUT2D eigenvalue weighted by molar-refractivity contribution is 7.91. The van der Waals surface area contributed by atoms with Gasteiger partial charge in [-0.3, -0.25) is 4.79 Å². The summed E-state index contributed by atoms with van der Waals surface area (Å²) in [6, 6.07) is 4.55. The smallest absolute Gasteiger partial charge is 0.219 e. The number of aryl methyl sites for hydroxylation is 1. The second-order valence-corrected chi connectivity index (χ2v) is 6.64. The molecule has 18 heavy (non-hydrogen) atoms. The second kappa shape index (κ2) is 4.70. The van der Waals surface area contributed by atoms with Crippen molar-refractivity contribution in [1.29, 1.82) is 0 Å². The number of benzene rings is 1. The summed E-state index contributed by atoms with van der Waals surface area (Å²) in [4.78, 5) is 11.2. The Balaban J connectivity index is 2.36. The molecule has 0 saturated heterocycles. The highest BCUT2D eigenvalue weighted by atomic mass is 32.2. The Kier molecular flexibility index (Phi) is 3.41. The van der Waals surface area contributed by atoms with Crippen LogP contribution in [0.1, 0.15) is 30.0 Å². The lowest BCUT2D eigenvalue weighted by atomic mass is 10.00. The molecule has 1 amide bonds. The molecule has 0 radical (unpaired) electrons. The molecule has 0 saturated carbocycles. The number of primary amides is 1. The van der Waals surface area contributed by atoms with Crippen molar-refractivity contribution in [2.45, 2.75) is 30.2 Å². The van der Waals surface area contributed by atoms with E-state index in [4.69, 9.17) is 11.5 Å². The first-order valence-corrected chi connectivity index (χ1v) is 7.45. The van der Waals surface area contributed by atoms with Crippen LogP contribution in [0.3, 0.4) is 0 Å². The lowest BCUT2D eigenvalue weighted by molar-refractivity contribution is -0.118. The molecule has 1 aromatic rings. The first-order valence-electron chi connectivity index (χ1n) is 5.79. The maximum absolute atomic E-state index is 11.8. The van der Waals surface area contributed by atoms with Gasteiger partial charge in [0.1, 0.15) is 0 Å². The van der Waals surface area contributed by atoms with Crippen molar-refractivity contribution in [1.82, 2.24) is 0 Å². The predicted molar refractivity (Wildman–Crippen MR) is 67.6 cm³/mol. The fourth-order valence-corrected chi connectivity index (χ4v) is 3.81. The van der Waals surface area contributed by atoms with Crippen molar-refractivity contribution in [2.75, 3.05) is 5.75 Å². The normalized spacial score (nSPS) is 18.9. The van der Waals surface area contributed by atoms with Gasteiger partial charge in [-0.05, 0) is 30.0 Å². The van der Waals surface area contributed by atoms with Gasteiger partial charge in [-0.2, -0.15) is 0 Å². The van der Waals surface area contributed by atoms with E-state index in [0.717, 1.165) is 17.5 Å². The van der Waals surface area contributed by atoms with Gasteiger partial charge in [0, 0.05) is 12.5 Å². The average Bonchev–Trinajstić information content (AvgIpc) is 2.27. The van der Waals surface area contributed by atoms with E-state index in [2.05, 4.69) is 0 Å². The van der Waals surface area contributed by atoms with Gasteiger partial charge in [-0.1, -0.05) is 12.1 Å². The van der Waals surface area contributed by atoms with Gasteiger partial charge in [0.2, 0.25) is 5.91 Å². The first-order chi connectivity index (χ1) is 8.40. The van der Waals surface area contributed by atoms with Gasteiger partial charge < -0.3 is 11.5 Å². The van der Waals surface area contributed by atoms with Crippen molar-refractivity contribution < 1.29 is 13.2 Å². The van der Waals surface area contributed by atoms with Crippen molar-refractivity contribution in [2.24, 2.45) is 11.5 Å². The maximum atomic E-state index is 11.8. The highest BCUT2D eigenvalue weighted by Gasteiger charge is 2.24. The molecule has 0 spiro atoms. The number of hydrogen-bond acceptors (Lipinski definition) is 4. The van der Waals surface area contributed by atoms with E-state index in [-0.39, 0.29) is 12.2 Å². The summed E-state index contributed by atoms with van der Waals surface area (Å²) in [5, 5.41) is 0. The number of amides is 1. The van der Waals surface area contributed by atoms with E-state index < -0.39 is 21.8 Å². The Labute approximate surface area is 106 Å². The van der Waals surface area contributed by atoms with E-state index in [1.807, 2.05) is 0 Å². The topological polar surface area (TPSA) is 103 Å². The Morgan fingerprint density at radius 1 is 1.39 bits per heavy atom. The van der Waals surface area contributed by atoms with E-state index in [1.165, 1.54) is 0 Å². The molecular formula is C12H16N2O3S. The minimum absolute atomic E-state index is 0.0610. The Morgan fingerprint density at radius 3 is 2.78 bits per heavy atom. The summed E-state index contributed by atoms with van der Waals surface area (Å²) in [5.41, 5.74) is 12.5. The zero-order chi connectivity index (χ0) is 13.3. The molecule has 4 N–H and O–H groups in total. The van der Waals surface area contributed by atoms with Crippen molar-refractivity contribution in [3.8, 4) is 0 Å². The van der Waals surface area contributed by atoms with Crippen LogP contribution in [-0.4, -0.2) is 20.1 Å². The van der Waals surface area contributed by atoms with Crippen LogP contribution >= 0.6 is 0 Å². The Morgan fingerprint density at radius 2 is 2.11 bits per heavy atom. The minimum atomic E-state index is -3.14. The van der Waals surface area contributed by atoms with Crippen LogP contribution < -0.4 is 11.5 Å². The number of rotatable bonds is 3. The molecule has 0 aliphatic carbocycles. The van der Waals surface area contributed by atoms with E-state index in [1.54, 1.807) is 18.2 Å². The number of sulfone groups is 1. The van der Waals surface area contributed by atoms with Crippen LogP contribution in [0.2, 0.25) is 0 Å². The molecule has 0 bridgehead atoms. The molecule has 1 unspecified atom stereocenters. The van der Waals surface area contributed by atoms with E-state index in [0.29, 0.717) is 11.3 Å². The van der Waals surface area contributed by atoms with Crippen molar-refractivity contribution in [3.05, 3.63) is 29.3 Å². The lowest BCUT2D eigenvalue weighted by Crippen LogP contribution is -2.22. The summed E-state index contributed by atoms with van der Waals surface area (Å²) in [7, 11) is -3.14. The lowest BCUT2D eigenvalue weighted by Gasteiger charge is -2.19. The van der Waals surface area contributed by atoms with Gasteiger partial charge in [-0.15, -0.1) is 0 Å². The Hall–Kier alpha value is -1.40. The van der Waals surface area contributed by atoms with Gasteiger partial charge in [0.15, 0.2) is 9.84 Å². The number of carbonyl (C=O) groups excluding carboxylic acids is 1. The zero-order valence-electron chi connectivity index (χ0n) is 9.93. The molecule has 6 heteroatoms. The number of nitrogens with two attached hydrogens (primary N) is 2. The third-order valence-corrected chi connectivity index (χ3v) is 5.02. The third kappa shape index (κ3) is 2.54. The summed E-state index contributed by atoms with van der Waals surface area (Å²) >= 11 is 0. The monoisotopic (exact) mass is 268 g/mol. The van der Waals surface area contributed by atoms with Gasteiger partial charge in [-0.25, -0.2) is 8.42 Å². The van der Waals surface area contributed by atoms with Gasteiger partial charge >= 0.3 is 0 Å². The largest absolute Gasteiger partial charge is 0.370 e. The number of carbonyl (C=O) groups is 1. The molecule has 5 nitrogen and oxygen atoms in total. The van der Waals surface area contributed by atoms with Crippen LogP contribution in [-0.2, 0) is 21.1 Å². The second-order valence-electron chi connectivity index (χ2n) is 4.57. The molecule has 1 atom stereocenters. The molecule has 98 valence electrons. The summed E-state index contributed by atoms with van der Waals surface area (Å²) in [5.74, 6) is -0.264. The summed E-state index contributed by atoms with van der Waals surface area (Å²) in [6.45, 7) is 0. The highest BCUT2D eigenvalue weighted by Crippen LogP contribution is 2.27. The van der Waals surface area contributed by atoms with Crippen LogP contribution in [0.25, 0.3) is 0 Å². The first kappa shape index (κ1) is 13.0. The summed E-state index contributed by atoms with van der Waals surface area (Å²) < 4.78 is 23.7. The molecule has 2 rings (SSSR count). The zero-order valence-corrected chi connectivity index (χ0v) is 10.7. The van der Waals surface area contributed by atoms with Crippen LogP contribution in [0, 0.1) is 0 Å². The molecule has 1 aliphatic rings. The van der Waals surface area contributed by atoms with Crippen molar-refractivity contribution in [3.63, 3.8) is 0 Å². The van der Waals surface area contributed by atoms with E-state index in [9.17, 15) is 13.2 Å². The molecule has 0 fully saturated rings. The quantitative estimate of drug-likeness (QED) is 0.821. The van der Waals surface area contributed by atoms with Crippen LogP contribution in [0.4, 0.5) is 0 Å². The summed E-state index contributed by atoms with van der Waals surface area (Å²) in [6.07, 6.45) is 1.42. The van der Waals surface area contributed by atoms with E-state index >= 15 is 0 Å². The molecule has 1 heterocycles. The maximum Gasteiger partial charge on any atom is 0.219 e. The standard InChI is InChI=1S/C12H16N2O3S/c13-10(7-12(14)15)8-3-4-11-9(6-8)2-1-5-18(11,16)17/h3-4,6,10H,1-2,5,7,13H2,(H2,14,15). The van der Waals surface area contributed by atoms with Gasteiger partial charge in [0.05, 0.1) is 10.6 Å². The molecule has 0 aromatic heterocycles. The fraction of sp³-hybridized carbons (Fsp3) is 0.417. The predicted octanol–water partition coefficient (Wildman–Crippen LogP) is 0.282. The fourth-order valence-electron chi connectivity index (χ4n) is 2.23. The third-order valence-electron chi connectivity index (χ3n) is 3.13. The number of fused-ring (bicyclic) bond motifs is 1. The Bertz CT molecular complexity index is 581. The van der Waals surface area contributed by atoms with Crippen LogP contribution in [0.5, 0.6) is 0 Å². The SMILES string of the molecule is NC(=O)CC(N)c1ccc2c(c1)CCCS2(=O)=O. The molecule has 1 aromatic carbocycles. The average molecular weight is 268 g/mol. The van der Waals surface area contributed by atoms with Crippen LogP contribution in [0.15, 0.2) is 23.1 Å². The molecule has 1 aliphatic heterocycles. The molecular weight excluding hydrogens is 252 g/mol. The number of hydrogen-bond donors (Lipinski definition) is 2. The van der Waals surface area contributed by atoms with Gasteiger partial charge in [0.25, 0.3) is 0 Å². The van der Waals surface area contributed by atoms with Crippen molar-refractivity contribution >= 4 is 15.7 Å². The minimum Gasteiger partial charge on any atom is -0.370 e.